The number of carboxylic acids is 1. The van der Waals surface area contributed by atoms with Crippen LogP contribution in [0.4, 0.5) is 5.82 Å². The Hall–Kier alpha value is -2.57. The van der Waals surface area contributed by atoms with Crippen molar-refractivity contribution in [2.75, 3.05) is 31.1 Å². The Morgan fingerprint density at radius 1 is 1.15 bits per heavy atom. The molecule has 2 heterocycles. The van der Waals surface area contributed by atoms with Gasteiger partial charge in [-0.1, -0.05) is 10.8 Å². The van der Waals surface area contributed by atoms with Crippen LogP contribution in [-0.4, -0.2) is 53.3 Å². The molecule has 7 heteroatoms. The quantitative estimate of drug-likeness (QED) is 0.442. The summed E-state index contributed by atoms with van der Waals surface area (Å²) in [5, 5.41) is 18.2. The second kappa shape index (κ2) is 6.05. The minimum absolute atomic E-state index is 0.308. The summed E-state index contributed by atoms with van der Waals surface area (Å²) in [4.78, 5) is 25.6. The fraction of sp³-hybridized carbons (Fsp3) is 0.308. The Bertz CT molecular complexity index is 536. The van der Waals surface area contributed by atoms with Crippen LogP contribution in [0.25, 0.3) is 0 Å². The molecule has 2 rings (SSSR count). The zero-order chi connectivity index (χ0) is 14.5. The lowest BCUT2D eigenvalue weighted by molar-refractivity contribution is -0.894. The SMILES string of the molecule is O=C(O)/C=C/C(=O)N1CCN(c2cccc[n+]2O)CC1. The number of aliphatic carboxylic acids is 1. The zero-order valence-corrected chi connectivity index (χ0v) is 10.8. The first-order valence-electron chi connectivity index (χ1n) is 6.23. The Labute approximate surface area is 115 Å². The molecule has 1 aliphatic heterocycles. The maximum atomic E-state index is 11.7. The van der Waals surface area contributed by atoms with Gasteiger partial charge in [0, 0.05) is 18.2 Å². The second-order valence-corrected chi connectivity index (χ2v) is 4.39. The van der Waals surface area contributed by atoms with E-state index in [-0.39, 0.29) is 5.91 Å². The molecule has 0 saturated carbocycles. The number of pyridine rings is 1. The molecule has 7 nitrogen and oxygen atoms in total. The fourth-order valence-corrected chi connectivity index (χ4v) is 2.08. The summed E-state index contributed by atoms with van der Waals surface area (Å²) in [6, 6.07) is 5.34. The largest absolute Gasteiger partial charge is 0.478 e. The van der Waals surface area contributed by atoms with Gasteiger partial charge in [0.15, 0.2) is 0 Å². The van der Waals surface area contributed by atoms with Gasteiger partial charge in [0.2, 0.25) is 5.91 Å². The maximum Gasteiger partial charge on any atom is 0.328 e. The standard InChI is InChI=1S/C13H15N3O4/c17-12(4-5-13(18)19)15-9-7-14(8-10-15)11-3-1-2-6-16(11)20/h1-6H,7-10H2,(H-,18,19,20)/p+1/b5-4+. The summed E-state index contributed by atoms with van der Waals surface area (Å²) in [7, 11) is 0. The van der Waals surface area contributed by atoms with Crippen LogP contribution in [0.5, 0.6) is 0 Å². The van der Waals surface area contributed by atoms with E-state index < -0.39 is 5.97 Å². The van der Waals surface area contributed by atoms with Gasteiger partial charge in [-0.2, -0.15) is 0 Å². The normalized spacial score (nSPS) is 15.6. The molecule has 0 bridgehead atoms. The smallest absolute Gasteiger partial charge is 0.328 e. The summed E-state index contributed by atoms with van der Waals surface area (Å²) < 4.78 is 1.04. The first kappa shape index (κ1) is 13.9. The number of piperazine rings is 1. The predicted octanol–water partition coefficient (Wildman–Crippen LogP) is -0.499. The lowest BCUT2D eigenvalue weighted by Crippen LogP contribution is -2.51. The minimum Gasteiger partial charge on any atom is -0.478 e. The molecule has 1 aromatic heterocycles. The number of carbonyl (C=O) groups is 2. The third-order valence-electron chi connectivity index (χ3n) is 3.10. The highest BCUT2D eigenvalue weighted by Gasteiger charge is 2.26. The van der Waals surface area contributed by atoms with E-state index >= 15 is 0 Å². The molecule has 1 fully saturated rings. The van der Waals surface area contributed by atoms with Crippen molar-refractivity contribution >= 4 is 17.7 Å². The van der Waals surface area contributed by atoms with Crippen LogP contribution in [0.2, 0.25) is 0 Å². The molecule has 0 unspecified atom stereocenters. The van der Waals surface area contributed by atoms with E-state index in [1.807, 2.05) is 11.0 Å². The molecule has 1 aromatic rings. The van der Waals surface area contributed by atoms with Crippen molar-refractivity contribution in [3.8, 4) is 0 Å². The molecule has 1 saturated heterocycles. The third-order valence-corrected chi connectivity index (χ3v) is 3.10. The number of hydrogen-bond acceptors (Lipinski definition) is 4. The highest BCUT2D eigenvalue weighted by atomic mass is 16.5. The Balaban J connectivity index is 1.94. The highest BCUT2D eigenvalue weighted by molar-refractivity contribution is 5.94. The van der Waals surface area contributed by atoms with Crippen molar-refractivity contribution in [2.24, 2.45) is 0 Å². The van der Waals surface area contributed by atoms with Gasteiger partial charge in [-0.05, 0) is 6.07 Å². The molecule has 0 radical (unpaired) electrons. The number of carbonyl (C=O) groups excluding carboxylic acids is 1. The molecule has 0 atom stereocenters. The van der Waals surface area contributed by atoms with E-state index in [0.717, 1.165) is 16.9 Å². The second-order valence-electron chi connectivity index (χ2n) is 4.39. The molecule has 106 valence electrons. The van der Waals surface area contributed by atoms with E-state index in [4.69, 9.17) is 5.11 Å². The number of hydrogen-bond donors (Lipinski definition) is 2. The van der Waals surface area contributed by atoms with Crippen molar-refractivity contribution in [3.63, 3.8) is 0 Å². The topological polar surface area (TPSA) is 85.0 Å². The monoisotopic (exact) mass is 278 g/mol. The van der Waals surface area contributed by atoms with Crippen LogP contribution in [-0.2, 0) is 9.59 Å². The van der Waals surface area contributed by atoms with Gasteiger partial charge in [-0.3, -0.25) is 9.69 Å². The Morgan fingerprint density at radius 2 is 1.85 bits per heavy atom. The molecule has 0 aromatic carbocycles. The highest BCUT2D eigenvalue weighted by Crippen LogP contribution is 2.11. The summed E-state index contributed by atoms with van der Waals surface area (Å²) >= 11 is 0. The van der Waals surface area contributed by atoms with E-state index in [9.17, 15) is 14.8 Å². The average Bonchev–Trinajstić information content (AvgIpc) is 2.45. The number of aromatic nitrogens is 1. The molecule has 1 aliphatic rings. The molecule has 2 N–H and O–H groups in total. The molecular weight excluding hydrogens is 262 g/mol. The molecule has 0 spiro atoms. The van der Waals surface area contributed by atoms with Crippen LogP contribution in [0, 0.1) is 0 Å². The number of anilines is 1. The Kier molecular flexibility index (Phi) is 4.19. The molecule has 1 amide bonds. The zero-order valence-electron chi connectivity index (χ0n) is 10.8. The van der Waals surface area contributed by atoms with E-state index in [1.54, 1.807) is 23.2 Å². The number of rotatable bonds is 3. The van der Waals surface area contributed by atoms with Crippen molar-refractivity contribution in [1.82, 2.24) is 4.90 Å². The summed E-state index contributed by atoms with van der Waals surface area (Å²) in [5.74, 6) is -0.778. The predicted molar refractivity (Wildman–Crippen MR) is 69.4 cm³/mol. The maximum absolute atomic E-state index is 11.7. The fourth-order valence-electron chi connectivity index (χ4n) is 2.08. The Morgan fingerprint density at radius 3 is 2.45 bits per heavy atom. The van der Waals surface area contributed by atoms with Crippen LogP contribution >= 0.6 is 0 Å². The first-order chi connectivity index (χ1) is 9.58. The van der Waals surface area contributed by atoms with E-state index in [0.29, 0.717) is 32.0 Å². The number of nitrogens with zero attached hydrogens (tertiary/aromatic N) is 3. The van der Waals surface area contributed by atoms with Crippen LogP contribution in [0.15, 0.2) is 36.5 Å². The van der Waals surface area contributed by atoms with Gasteiger partial charge in [-0.15, -0.1) is 0 Å². The summed E-state index contributed by atoms with van der Waals surface area (Å²) in [6.07, 6.45) is 3.45. The van der Waals surface area contributed by atoms with Crippen LogP contribution in [0.1, 0.15) is 0 Å². The molecular formula is C13H16N3O4+. The van der Waals surface area contributed by atoms with E-state index in [2.05, 4.69) is 0 Å². The number of amides is 1. The average molecular weight is 278 g/mol. The third kappa shape index (κ3) is 3.25. The van der Waals surface area contributed by atoms with E-state index in [1.165, 1.54) is 0 Å². The lowest BCUT2D eigenvalue weighted by Gasteiger charge is -2.30. The van der Waals surface area contributed by atoms with Crippen molar-refractivity contribution in [1.29, 1.82) is 0 Å². The van der Waals surface area contributed by atoms with Crippen molar-refractivity contribution in [3.05, 3.63) is 36.5 Å². The summed E-state index contributed by atoms with van der Waals surface area (Å²) in [5.41, 5.74) is 0. The molecule has 0 aliphatic carbocycles. The number of carboxylic acid groups (broad SMARTS) is 1. The first-order valence-corrected chi connectivity index (χ1v) is 6.23. The van der Waals surface area contributed by atoms with Gasteiger partial charge < -0.3 is 15.2 Å². The van der Waals surface area contributed by atoms with Crippen molar-refractivity contribution in [2.45, 2.75) is 0 Å². The summed E-state index contributed by atoms with van der Waals surface area (Å²) in [6.45, 7) is 2.13. The van der Waals surface area contributed by atoms with Crippen LogP contribution in [0.3, 0.4) is 0 Å². The minimum atomic E-state index is -1.14. The van der Waals surface area contributed by atoms with Crippen molar-refractivity contribution < 1.29 is 24.6 Å². The van der Waals surface area contributed by atoms with Gasteiger partial charge in [0.1, 0.15) is 19.3 Å². The lowest BCUT2D eigenvalue weighted by atomic mass is 10.3. The van der Waals surface area contributed by atoms with Gasteiger partial charge >= 0.3 is 11.8 Å². The van der Waals surface area contributed by atoms with Crippen LogP contribution < -0.4 is 9.63 Å². The molecule has 20 heavy (non-hydrogen) atoms. The van der Waals surface area contributed by atoms with Gasteiger partial charge in [-0.25, -0.2) is 4.79 Å². The van der Waals surface area contributed by atoms with Gasteiger partial charge in [0.05, 0.1) is 13.1 Å². The van der Waals surface area contributed by atoms with Gasteiger partial charge in [0.25, 0.3) is 0 Å².